The minimum atomic E-state index is -1.46. The molecule has 2 N–H and O–H groups in total. The standard InChI is InChI=1S/C18H23FN4O2/c1-22-10-8-21-16(22)11-20-13-18(25)7-4-9-23(17(18)24)12-14-5-2-3-6-15(14)19/h2-3,5-6,8,10,20,25H,4,7,9,11-13H2,1H3/t18-/m1/s1. The third kappa shape index (κ3) is 3.88. The molecule has 0 bridgehead atoms. The molecule has 0 saturated carbocycles. The average Bonchev–Trinajstić information content (AvgIpc) is 2.99. The summed E-state index contributed by atoms with van der Waals surface area (Å²) in [5.41, 5.74) is -1.00. The quantitative estimate of drug-likeness (QED) is 0.825. The predicted molar refractivity (Wildman–Crippen MR) is 90.9 cm³/mol. The number of likely N-dealkylation sites (tertiary alicyclic amines) is 1. The van der Waals surface area contributed by atoms with E-state index in [1.165, 1.54) is 11.0 Å². The van der Waals surface area contributed by atoms with E-state index in [2.05, 4.69) is 10.3 Å². The molecule has 2 heterocycles. The molecule has 7 heteroatoms. The molecular weight excluding hydrogens is 323 g/mol. The summed E-state index contributed by atoms with van der Waals surface area (Å²) in [5, 5.41) is 13.9. The number of nitrogens with zero attached hydrogens (tertiary/aromatic N) is 3. The second-order valence-corrected chi connectivity index (χ2v) is 6.51. The number of carbonyl (C=O) groups is 1. The Labute approximate surface area is 146 Å². The molecule has 0 radical (unpaired) electrons. The van der Waals surface area contributed by atoms with Crippen LogP contribution >= 0.6 is 0 Å². The van der Waals surface area contributed by atoms with Crippen LogP contribution in [0.25, 0.3) is 0 Å². The van der Waals surface area contributed by atoms with Gasteiger partial charge in [-0.3, -0.25) is 4.79 Å². The van der Waals surface area contributed by atoms with Gasteiger partial charge in [0.05, 0.1) is 6.54 Å². The number of aliphatic hydroxyl groups is 1. The lowest BCUT2D eigenvalue weighted by atomic mass is 9.91. The summed E-state index contributed by atoms with van der Waals surface area (Å²) in [6.45, 7) is 1.31. The maximum Gasteiger partial charge on any atom is 0.256 e. The third-order valence-electron chi connectivity index (χ3n) is 4.64. The Morgan fingerprint density at radius 1 is 1.40 bits per heavy atom. The highest BCUT2D eigenvalue weighted by Crippen LogP contribution is 2.24. The Hall–Kier alpha value is -2.25. The number of carbonyl (C=O) groups excluding carboxylic acids is 1. The summed E-state index contributed by atoms with van der Waals surface area (Å²) in [6.07, 6.45) is 4.62. The number of amides is 1. The lowest BCUT2D eigenvalue weighted by Crippen LogP contribution is -2.57. The van der Waals surface area contributed by atoms with Gasteiger partial charge in [-0.1, -0.05) is 18.2 Å². The van der Waals surface area contributed by atoms with Crippen molar-refractivity contribution < 1.29 is 14.3 Å². The fraction of sp³-hybridized carbons (Fsp3) is 0.444. The molecule has 0 aliphatic carbocycles. The first kappa shape index (κ1) is 17.6. The van der Waals surface area contributed by atoms with Crippen molar-refractivity contribution in [3.8, 4) is 0 Å². The van der Waals surface area contributed by atoms with E-state index in [0.717, 1.165) is 5.82 Å². The summed E-state index contributed by atoms with van der Waals surface area (Å²) in [7, 11) is 1.89. The summed E-state index contributed by atoms with van der Waals surface area (Å²) in [6, 6.07) is 6.40. The highest BCUT2D eigenvalue weighted by molar-refractivity contribution is 5.86. The van der Waals surface area contributed by atoms with Gasteiger partial charge in [0, 0.05) is 44.6 Å². The van der Waals surface area contributed by atoms with Crippen molar-refractivity contribution in [2.24, 2.45) is 7.05 Å². The largest absolute Gasteiger partial charge is 0.379 e. The summed E-state index contributed by atoms with van der Waals surface area (Å²) in [4.78, 5) is 18.4. The molecule has 25 heavy (non-hydrogen) atoms. The van der Waals surface area contributed by atoms with Gasteiger partial charge >= 0.3 is 0 Å². The van der Waals surface area contributed by atoms with Crippen molar-refractivity contribution in [2.45, 2.75) is 31.5 Å². The minimum absolute atomic E-state index is 0.145. The number of aromatic nitrogens is 2. The zero-order chi connectivity index (χ0) is 17.9. The Morgan fingerprint density at radius 3 is 2.92 bits per heavy atom. The minimum Gasteiger partial charge on any atom is -0.379 e. The average molecular weight is 346 g/mol. The van der Waals surface area contributed by atoms with Crippen LogP contribution < -0.4 is 5.32 Å². The number of piperidine rings is 1. The van der Waals surface area contributed by atoms with Gasteiger partial charge in [-0.25, -0.2) is 9.37 Å². The molecule has 1 atom stereocenters. The highest BCUT2D eigenvalue weighted by atomic mass is 19.1. The van der Waals surface area contributed by atoms with Gasteiger partial charge in [0.1, 0.15) is 11.6 Å². The molecular formula is C18H23FN4O2. The number of aryl methyl sites for hydroxylation is 1. The maximum absolute atomic E-state index is 13.8. The first-order valence-electron chi connectivity index (χ1n) is 8.42. The molecule has 0 unspecified atom stereocenters. The van der Waals surface area contributed by atoms with Gasteiger partial charge in [0.15, 0.2) is 5.60 Å². The fourth-order valence-electron chi connectivity index (χ4n) is 3.16. The predicted octanol–water partition coefficient (Wildman–Crippen LogP) is 1.20. The maximum atomic E-state index is 13.8. The molecule has 1 aromatic heterocycles. The Balaban J connectivity index is 1.62. The fourth-order valence-corrected chi connectivity index (χ4v) is 3.16. The van der Waals surface area contributed by atoms with E-state index in [4.69, 9.17) is 0 Å². The normalized spacial score (nSPS) is 20.9. The van der Waals surface area contributed by atoms with Crippen molar-refractivity contribution in [2.75, 3.05) is 13.1 Å². The second-order valence-electron chi connectivity index (χ2n) is 6.51. The van der Waals surface area contributed by atoms with Crippen LogP contribution in [-0.2, 0) is 24.9 Å². The second kappa shape index (κ2) is 7.33. The van der Waals surface area contributed by atoms with Crippen LogP contribution in [0.4, 0.5) is 4.39 Å². The highest BCUT2D eigenvalue weighted by Gasteiger charge is 2.41. The van der Waals surface area contributed by atoms with Crippen LogP contribution in [0, 0.1) is 5.82 Å². The summed E-state index contributed by atoms with van der Waals surface area (Å²) in [5.74, 6) is 0.140. The van der Waals surface area contributed by atoms with Crippen LogP contribution in [0.3, 0.4) is 0 Å². The lowest BCUT2D eigenvalue weighted by molar-refractivity contribution is -0.157. The van der Waals surface area contributed by atoms with Gasteiger partial charge in [-0.15, -0.1) is 0 Å². The van der Waals surface area contributed by atoms with Crippen molar-refractivity contribution in [1.29, 1.82) is 0 Å². The van der Waals surface area contributed by atoms with Crippen LogP contribution in [0.5, 0.6) is 0 Å². The van der Waals surface area contributed by atoms with Crippen molar-refractivity contribution >= 4 is 5.91 Å². The molecule has 1 aliphatic rings. The lowest BCUT2D eigenvalue weighted by Gasteiger charge is -2.38. The van der Waals surface area contributed by atoms with Crippen molar-refractivity contribution in [3.63, 3.8) is 0 Å². The molecule has 1 saturated heterocycles. The van der Waals surface area contributed by atoms with Crippen molar-refractivity contribution in [1.82, 2.24) is 19.8 Å². The molecule has 2 aromatic rings. The van der Waals surface area contributed by atoms with E-state index in [9.17, 15) is 14.3 Å². The first-order valence-corrected chi connectivity index (χ1v) is 8.42. The number of hydrogen-bond acceptors (Lipinski definition) is 4. The molecule has 134 valence electrons. The SMILES string of the molecule is Cn1ccnc1CNC[C@]1(O)CCCN(Cc2ccccc2F)C1=O. The van der Waals surface area contributed by atoms with E-state index in [1.807, 2.05) is 17.8 Å². The monoisotopic (exact) mass is 346 g/mol. The van der Waals surface area contributed by atoms with Crippen LogP contribution in [0.1, 0.15) is 24.2 Å². The van der Waals surface area contributed by atoms with E-state index < -0.39 is 5.60 Å². The zero-order valence-corrected chi connectivity index (χ0v) is 14.3. The van der Waals surface area contributed by atoms with Gasteiger partial charge in [-0.2, -0.15) is 0 Å². The molecule has 6 nitrogen and oxygen atoms in total. The van der Waals surface area contributed by atoms with Gasteiger partial charge in [0.2, 0.25) is 0 Å². The third-order valence-corrected chi connectivity index (χ3v) is 4.64. The number of imidazole rings is 1. The van der Waals surface area contributed by atoms with E-state index in [0.29, 0.717) is 31.5 Å². The summed E-state index contributed by atoms with van der Waals surface area (Å²) < 4.78 is 15.7. The van der Waals surface area contributed by atoms with Gasteiger partial charge < -0.3 is 19.9 Å². The molecule has 1 aromatic carbocycles. The van der Waals surface area contributed by atoms with Gasteiger partial charge in [0.25, 0.3) is 5.91 Å². The molecule has 3 rings (SSSR count). The topological polar surface area (TPSA) is 70.4 Å². The first-order chi connectivity index (χ1) is 12.0. The van der Waals surface area contributed by atoms with E-state index in [-0.39, 0.29) is 24.8 Å². The van der Waals surface area contributed by atoms with Crippen molar-refractivity contribution in [3.05, 3.63) is 53.9 Å². The number of benzene rings is 1. The van der Waals surface area contributed by atoms with Crippen LogP contribution in [0.2, 0.25) is 0 Å². The number of halogens is 1. The number of hydrogen-bond donors (Lipinski definition) is 2. The smallest absolute Gasteiger partial charge is 0.256 e. The number of rotatable bonds is 6. The van der Waals surface area contributed by atoms with E-state index >= 15 is 0 Å². The Morgan fingerprint density at radius 2 is 2.20 bits per heavy atom. The summed E-state index contributed by atoms with van der Waals surface area (Å²) >= 11 is 0. The molecule has 1 fully saturated rings. The Bertz CT molecular complexity index is 748. The number of nitrogens with one attached hydrogen (secondary N) is 1. The molecule has 1 aliphatic heterocycles. The molecule has 0 spiro atoms. The van der Waals surface area contributed by atoms with Crippen LogP contribution in [-0.4, -0.2) is 44.2 Å². The van der Waals surface area contributed by atoms with E-state index in [1.54, 1.807) is 24.4 Å². The Kier molecular flexibility index (Phi) is 5.15. The zero-order valence-electron chi connectivity index (χ0n) is 14.3. The van der Waals surface area contributed by atoms with Crippen LogP contribution in [0.15, 0.2) is 36.7 Å². The molecule has 1 amide bonds. The van der Waals surface area contributed by atoms with Gasteiger partial charge in [-0.05, 0) is 18.9 Å².